The van der Waals surface area contributed by atoms with Gasteiger partial charge in [0.1, 0.15) is 51.7 Å². The third kappa shape index (κ3) is 37.3. The van der Waals surface area contributed by atoms with Crippen LogP contribution in [0.1, 0.15) is 125 Å². The first-order valence-electron chi connectivity index (χ1n) is 28.1. The van der Waals surface area contributed by atoms with E-state index in [0.29, 0.717) is 54.7 Å². The molecule has 0 aliphatic heterocycles. The molecule has 0 fully saturated rings. The van der Waals surface area contributed by atoms with Crippen LogP contribution in [0, 0.1) is 69.8 Å². The quantitative estimate of drug-likeness (QED) is 0.00809. The number of nitrogens with one attached hydrogen (secondary N) is 4. The van der Waals surface area contributed by atoms with Crippen LogP contribution in [-0.4, -0.2) is 130 Å². The molecule has 4 atom stereocenters. The maximum Gasteiger partial charge on any atom is 1.00 e. The number of hydrogen-bond donors (Lipinski definition) is 5. The second-order valence-electron chi connectivity index (χ2n) is 24.3. The van der Waals surface area contributed by atoms with Gasteiger partial charge in [-0.15, -0.1) is 0 Å². The molecule has 0 spiro atoms. The molecule has 0 saturated heterocycles. The van der Waals surface area contributed by atoms with Crippen molar-refractivity contribution in [3.05, 3.63) is 146 Å². The second kappa shape index (κ2) is 40.6. The Kier molecular flexibility index (Phi) is 37.8. The first-order valence-corrected chi connectivity index (χ1v) is 28.1. The maximum absolute atomic E-state index is 13.8. The first-order chi connectivity index (χ1) is 43.5. The van der Waals surface area contributed by atoms with E-state index in [1.165, 1.54) is 0 Å². The number of carbonyl (C=O) groups excluding carboxylic acids is 7. The fourth-order valence-electron chi connectivity index (χ4n) is 7.44. The molecule has 4 amide bonds. The molecule has 0 bridgehead atoms. The summed E-state index contributed by atoms with van der Waals surface area (Å²) in [5.41, 5.74) is 4.29. The number of carboxylic acid groups (broad SMARTS) is 1. The van der Waals surface area contributed by atoms with E-state index in [-0.39, 0.29) is 78.7 Å². The Morgan fingerprint density at radius 3 is 0.866 bits per heavy atom. The molecule has 0 aliphatic carbocycles. The normalized spacial score (nSPS) is 12.1. The Morgan fingerprint density at radius 2 is 0.639 bits per heavy atom. The fourth-order valence-corrected chi connectivity index (χ4v) is 7.44. The molecule has 6 N–H and O–H groups in total. The van der Waals surface area contributed by atoms with Gasteiger partial charge in [0, 0.05) is 48.8 Å². The Hall–Kier alpha value is -8.86. The molecule has 4 rings (SSSR count). The van der Waals surface area contributed by atoms with Gasteiger partial charge in [0.05, 0.1) is 33.5 Å². The Labute approximate surface area is 562 Å². The standard InChI is InChI=1S/2C16H20F3NO4.C15H16F3N3O3.C15H18F3NO4.Li.H2O/c2*1-16(2,3)24-15(22)20-10(7-14(21)23-4)5-9-6-12(18)13(19)8-11(9)17;1-15(2,3)24-14(23)21-12(13(22)7-20-19)5-8-4-10(17)11(18)6-9(8)16;1-15(2,3)23-14(22)19-9(6-13(20)21)4-8-5-11(17)12(18)7-10(8)16;;/h2*6,8,10H,5,7H2,1-4H3,(H,20,22);4,6-7,12H,5H2,1-3H3,(H,21,23);5,7,9H,4,6H2,1-3H3,(H,19,22)(H,20,21);;1H2/q;;;;+1;/p-1/t2*10-;12-;9-;;/m1111../s1. The van der Waals surface area contributed by atoms with Crippen molar-refractivity contribution in [2.75, 3.05) is 14.2 Å². The van der Waals surface area contributed by atoms with Crippen molar-refractivity contribution < 1.29 is 154 Å². The largest absolute Gasteiger partial charge is 1.00 e. The number of halogens is 12. The molecule has 0 unspecified atom stereocenters. The fraction of sp³-hybridized carbons (Fsp3) is 0.468. The van der Waals surface area contributed by atoms with Gasteiger partial charge >= 0.3 is 67.4 Å². The number of benzene rings is 4. The zero-order valence-electron chi connectivity index (χ0n) is 55.5. The number of alkyl carbamates (subject to hydrolysis) is 4. The van der Waals surface area contributed by atoms with E-state index in [0.717, 1.165) is 14.2 Å². The van der Waals surface area contributed by atoms with E-state index >= 15 is 0 Å². The molecule has 0 aliphatic rings. The van der Waals surface area contributed by atoms with Crippen LogP contribution in [0.3, 0.4) is 0 Å². The predicted octanol–water partition coefficient (Wildman–Crippen LogP) is 8.46. The Balaban J connectivity index is 0. The molecule has 4 aromatic carbocycles. The van der Waals surface area contributed by atoms with Crippen LogP contribution in [0.5, 0.6) is 0 Å². The number of esters is 2. The monoisotopic (exact) mass is 1390 g/mol. The number of ketones is 1. The number of amides is 4. The minimum Gasteiger partial charge on any atom is -0.870 e. The number of rotatable bonds is 20. The number of hydrogen-bond acceptors (Lipinski definition) is 15. The molecule has 97 heavy (non-hydrogen) atoms. The van der Waals surface area contributed by atoms with Gasteiger partial charge in [-0.25, -0.2) is 71.9 Å². The van der Waals surface area contributed by atoms with Crippen LogP contribution >= 0.6 is 0 Å². The molecule has 0 heterocycles. The zero-order valence-corrected chi connectivity index (χ0v) is 55.5. The second-order valence-corrected chi connectivity index (χ2v) is 24.3. The zero-order chi connectivity index (χ0) is 73.3. The number of aliphatic carboxylic acids is 1. The predicted molar refractivity (Wildman–Crippen MR) is 315 cm³/mol. The van der Waals surface area contributed by atoms with Gasteiger partial charge < -0.3 is 65.8 Å². The molecular formula is C62H75F12LiN6O16. The Morgan fingerprint density at radius 1 is 0.412 bits per heavy atom. The summed E-state index contributed by atoms with van der Waals surface area (Å²) in [5.74, 6) is -17.9. The van der Waals surface area contributed by atoms with Crippen LogP contribution in [0.25, 0.3) is 5.53 Å². The van der Waals surface area contributed by atoms with Crippen LogP contribution in [0.2, 0.25) is 0 Å². The minimum absolute atomic E-state index is 0. The van der Waals surface area contributed by atoms with E-state index < -0.39 is 177 Å². The van der Waals surface area contributed by atoms with Crippen molar-refractivity contribution in [3.8, 4) is 0 Å². The molecule has 0 saturated carbocycles. The summed E-state index contributed by atoms with van der Waals surface area (Å²) in [6.07, 6.45) is -5.39. The summed E-state index contributed by atoms with van der Waals surface area (Å²) in [6, 6.07) is -0.141. The number of carbonyl (C=O) groups is 8. The summed E-state index contributed by atoms with van der Waals surface area (Å²) < 4.78 is 189. The molecule has 4 aromatic rings. The van der Waals surface area contributed by atoms with Gasteiger partial charge in [0.2, 0.25) is 0 Å². The topological polar surface area (TPSA) is 327 Å². The minimum atomic E-state index is -1.39. The number of methoxy groups -OCH3 is 2. The molecule has 0 radical (unpaired) electrons. The Bertz CT molecular complexity index is 3310. The maximum atomic E-state index is 13.8. The SMILES string of the molecule is CC(C)(C)OC(=O)N[C@@H](CC(=O)O)Cc1cc(F)c(F)cc1F.CC(C)(C)OC(=O)N[C@H](Cc1cc(F)c(F)cc1F)C(=O)C=[N+]=[N-].COC(=O)C[C@@H](Cc1cc(F)c(F)cc1F)NC(=O)OC(C)(C)C.COC(=O)C[C@@H](Cc1cc(F)c(F)cc1F)NC(=O)OC(C)(C)C.[Li+].[OH-]. The van der Waals surface area contributed by atoms with Crippen molar-refractivity contribution in [2.24, 2.45) is 0 Å². The van der Waals surface area contributed by atoms with Crippen LogP contribution in [0.15, 0.2) is 48.5 Å². The number of carboxylic acids is 1. The van der Waals surface area contributed by atoms with E-state index in [1.807, 2.05) is 0 Å². The van der Waals surface area contributed by atoms with Gasteiger partial charge in [-0.05, 0) is 149 Å². The smallest absolute Gasteiger partial charge is 0.870 e. The van der Waals surface area contributed by atoms with Crippen molar-refractivity contribution in [3.63, 3.8) is 0 Å². The van der Waals surface area contributed by atoms with Crippen molar-refractivity contribution in [2.45, 2.75) is 175 Å². The van der Waals surface area contributed by atoms with Gasteiger partial charge in [-0.2, -0.15) is 4.79 Å². The van der Waals surface area contributed by atoms with E-state index in [9.17, 15) is 91.0 Å². The molecule has 534 valence electrons. The summed E-state index contributed by atoms with van der Waals surface area (Å²) in [5, 5.41) is 18.1. The molecule has 0 aromatic heterocycles. The third-order valence-corrected chi connectivity index (χ3v) is 11.3. The summed E-state index contributed by atoms with van der Waals surface area (Å²) in [6.45, 7) is 19.5. The first kappa shape index (κ1) is 90.2. The van der Waals surface area contributed by atoms with Crippen molar-refractivity contribution in [1.29, 1.82) is 0 Å². The van der Waals surface area contributed by atoms with Crippen LogP contribution in [-0.2, 0) is 73.3 Å². The van der Waals surface area contributed by atoms with Gasteiger partial charge in [0.15, 0.2) is 46.5 Å². The molecule has 35 heteroatoms. The van der Waals surface area contributed by atoms with Gasteiger partial charge in [-0.1, -0.05) is 0 Å². The van der Waals surface area contributed by atoms with Gasteiger partial charge in [-0.3, -0.25) is 19.2 Å². The number of nitrogens with zero attached hydrogens (tertiary/aromatic N) is 2. The van der Waals surface area contributed by atoms with Crippen LogP contribution < -0.4 is 40.1 Å². The molecule has 22 nitrogen and oxygen atoms in total. The molecular weight excluding hydrogens is 1320 g/mol. The average molecular weight is 1400 g/mol. The summed E-state index contributed by atoms with van der Waals surface area (Å²) in [7, 11) is 2.32. The van der Waals surface area contributed by atoms with E-state index in [1.54, 1.807) is 83.1 Å². The summed E-state index contributed by atoms with van der Waals surface area (Å²) in [4.78, 5) is 95.2. The van der Waals surface area contributed by atoms with Gasteiger partial charge in [0.25, 0.3) is 5.78 Å². The third-order valence-electron chi connectivity index (χ3n) is 11.3. The van der Waals surface area contributed by atoms with E-state index in [2.05, 4.69) is 35.5 Å². The van der Waals surface area contributed by atoms with Crippen molar-refractivity contribution in [1.82, 2.24) is 21.3 Å². The number of Topliss-reactive ketones (excluding diaryl/α,β-unsaturated/α-hetero) is 1. The number of ether oxygens (including phenoxy) is 6. The van der Waals surface area contributed by atoms with Crippen molar-refractivity contribution >= 4 is 54.3 Å². The van der Waals surface area contributed by atoms with Crippen LogP contribution in [0.4, 0.5) is 71.9 Å². The van der Waals surface area contributed by atoms with E-state index in [4.69, 9.17) is 29.6 Å². The average Bonchev–Trinajstić information content (AvgIpc) is 1.09. The summed E-state index contributed by atoms with van der Waals surface area (Å²) >= 11 is 0.